The third-order valence-corrected chi connectivity index (χ3v) is 3.66. The van der Waals surface area contributed by atoms with E-state index in [-0.39, 0.29) is 6.61 Å². The summed E-state index contributed by atoms with van der Waals surface area (Å²) in [7, 11) is 3.20. The molecule has 25 heavy (non-hydrogen) atoms. The van der Waals surface area contributed by atoms with E-state index in [4.69, 9.17) is 14.2 Å². The first-order chi connectivity index (χ1) is 12.2. The van der Waals surface area contributed by atoms with Gasteiger partial charge < -0.3 is 24.6 Å². The maximum atomic E-state index is 10.2. The highest BCUT2D eigenvalue weighted by Gasteiger charge is 2.09. The molecule has 0 aliphatic carbocycles. The Bertz CT molecular complexity index is 665. The van der Waals surface area contributed by atoms with Gasteiger partial charge in [-0.25, -0.2) is 0 Å². The minimum atomic E-state index is -0.658. The number of nitrogens with one attached hydrogen (secondary N) is 1. The van der Waals surface area contributed by atoms with E-state index in [0.29, 0.717) is 18.0 Å². The van der Waals surface area contributed by atoms with Crippen LogP contribution in [-0.4, -0.2) is 38.6 Å². The average molecular weight is 343 g/mol. The van der Waals surface area contributed by atoms with E-state index in [0.717, 1.165) is 23.4 Å². The number of allylic oxidation sites excluding steroid dienone is 1. The Morgan fingerprint density at radius 1 is 1.12 bits per heavy atom. The van der Waals surface area contributed by atoms with E-state index in [1.807, 2.05) is 42.5 Å². The summed E-state index contributed by atoms with van der Waals surface area (Å²) in [5, 5.41) is 13.3. The Morgan fingerprint density at radius 3 is 2.44 bits per heavy atom. The fraction of sp³-hybridized carbons (Fsp3) is 0.300. The molecule has 0 spiro atoms. The Labute approximate surface area is 148 Å². The van der Waals surface area contributed by atoms with Crippen LogP contribution >= 0.6 is 0 Å². The van der Waals surface area contributed by atoms with Crippen LogP contribution in [0.2, 0.25) is 0 Å². The second kappa shape index (κ2) is 9.59. The Hall–Kier alpha value is -2.66. The molecule has 134 valence electrons. The largest absolute Gasteiger partial charge is 0.497 e. The van der Waals surface area contributed by atoms with E-state index in [9.17, 15) is 5.11 Å². The van der Waals surface area contributed by atoms with Gasteiger partial charge in [-0.1, -0.05) is 24.3 Å². The molecule has 0 heterocycles. The normalized spacial score (nSPS) is 11.5. The van der Waals surface area contributed by atoms with Crippen LogP contribution < -0.4 is 19.5 Å². The highest BCUT2D eigenvalue weighted by Crippen LogP contribution is 2.25. The standard InChI is InChI=1S/C20H25NO4/c1-4-7-15-8-5-6-9-20(15)25-14-17(22)13-21-16-10-18(23-2)12-19(11-16)24-3/h4-6,8-12,17,21-22H,1,7,13-14H2,2-3H3. The molecule has 0 radical (unpaired) electrons. The molecule has 2 aromatic carbocycles. The molecule has 0 amide bonds. The Kier molecular flexibility index (Phi) is 7.16. The van der Waals surface area contributed by atoms with Crippen LogP contribution in [-0.2, 0) is 6.42 Å². The lowest BCUT2D eigenvalue weighted by atomic mass is 10.1. The summed E-state index contributed by atoms with van der Waals surface area (Å²) in [4.78, 5) is 0. The van der Waals surface area contributed by atoms with Gasteiger partial charge >= 0.3 is 0 Å². The lowest BCUT2D eigenvalue weighted by Gasteiger charge is -2.16. The predicted molar refractivity (Wildman–Crippen MR) is 99.9 cm³/mol. The highest BCUT2D eigenvalue weighted by molar-refractivity contribution is 5.53. The zero-order valence-electron chi connectivity index (χ0n) is 14.7. The Morgan fingerprint density at radius 2 is 1.80 bits per heavy atom. The van der Waals surface area contributed by atoms with Crippen molar-refractivity contribution < 1.29 is 19.3 Å². The van der Waals surface area contributed by atoms with Gasteiger partial charge in [0.15, 0.2) is 0 Å². The molecule has 2 aromatic rings. The van der Waals surface area contributed by atoms with Crippen molar-refractivity contribution in [3.63, 3.8) is 0 Å². The fourth-order valence-corrected chi connectivity index (χ4v) is 2.36. The van der Waals surface area contributed by atoms with Gasteiger partial charge in [-0.3, -0.25) is 0 Å². The van der Waals surface area contributed by atoms with Crippen molar-refractivity contribution in [2.24, 2.45) is 0 Å². The minimum Gasteiger partial charge on any atom is -0.497 e. The first-order valence-corrected chi connectivity index (χ1v) is 8.13. The van der Waals surface area contributed by atoms with Crippen LogP contribution in [0.5, 0.6) is 17.2 Å². The predicted octanol–water partition coefficient (Wildman–Crippen LogP) is 3.28. The summed E-state index contributed by atoms with van der Waals surface area (Å²) < 4.78 is 16.2. The maximum absolute atomic E-state index is 10.2. The zero-order chi connectivity index (χ0) is 18.1. The molecule has 1 atom stereocenters. The van der Waals surface area contributed by atoms with Gasteiger partial charge in [0.25, 0.3) is 0 Å². The summed E-state index contributed by atoms with van der Waals surface area (Å²) in [6.45, 7) is 4.29. The van der Waals surface area contributed by atoms with E-state index in [1.165, 1.54) is 0 Å². The second-order valence-electron chi connectivity index (χ2n) is 5.55. The van der Waals surface area contributed by atoms with Crippen molar-refractivity contribution in [2.45, 2.75) is 12.5 Å². The van der Waals surface area contributed by atoms with Gasteiger partial charge in [0.2, 0.25) is 0 Å². The molecule has 0 aliphatic rings. The van der Waals surface area contributed by atoms with Gasteiger partial charge in [0, 0.05) is 30.4 Å². The Balaban J connectivity index is 1.89. The molecule has 5 nitrogen and oxygen atoms in total. The topological polar surface area (TPSA) is 60.0 Å². The highest BCUT2D eigenvalue weighted by atomic mass is 16.5. The maximum Gasteiger partial charge on any atom is 0.124 e. The molecule has 0 fully saturated rings. The molecule has 2 rings (SSSR count). The summed E-state index contributed by atoms with van der Waals surface area (Å²) in [6.07, 6.45) is 1.90. The molecule has 2 N–H and O–H groups in total. The molecule has 0 bridgehead atoms. The molecule has 0 aliphatic heterocycles. The first-order valence-electron chi connectivity index (χ1n) is 8.13. The van der Waals surface area contributed by atoms with Crippen LogP contribution in [0, 0.1) is 0 Å². The van der Waals surface area contributed by atoms with E-state index >= 15 is 0 Å². The summed E-state index contributed by atoms with van der Waals surface area (Å²) in [5.74, 6) is 2.14. The number of benzene rings is 2. The zero-order valence-corrected chi connectivity index (χ0v) is 14.7. The van der Waals surface area contributed by atoms with Crippen LogP contribution in [0.3, 0.4) is 0 Å². The van der Waals surface area contributed by atoms with Crippen molar-refractivity contribution in [2.75, 3.05) is 32.7 Å². The van der Waals surface area contributed by atoms with Crippen LogP contribution in [0.1, 0.15) is 5.56 Å². The number of hydrogen-bond donors (Lipinski definition) is 2. The number of anilines is 1. The smallest absolute Gasteiger partial charge is 0.124 e. The number of hydrogen-bond acceptors (Lipinski definition) is 5. The van der Waals surface area contributed by atoms with E-state index in [1.54, 1.807) is 20.3 Å². The summed E-state index contributed by atoms with van der Waals surface area (Å²) >= 11 is 0. The number of methoxy groups -OCH3 is 2. The van der Waals surface area contributed by atoms with Crippen LogP contribution in [0.25, 0.3) is 0 Å². The molecule has 0 aromatic heterocycles. The third-order valence-electron chi connectivity index (χ3n) is 3.66. The fourth-order valence-electron chi connectivity index (χ4n) is 2.36. The summed E-state index contributed by atoms with van der Waals surface area (Å²) in [6, 6.07) is 13.2. The van der Waals surface area contributed by atoms with Crippen LogP contribution in [0.4, 0.5) is 5.69 Å². The number of rotatable bonds is 10. The SMILES string of the molecule is C=CCc1ccccc1OCC(O)CNc1cc(OC)cc(OC)c1. The second-order valence-corrected chi connectivity index (χ2v) is 5.55. The van der Waals surface area contributed by atoms with Crippen molar-refractivity contribution in [3.8, 4) is 17.2 Å². The summed E-state index contributed by atoms with van der Waals surface area (Å²) in [5.41, 5.74) is 1.86. The van der Waals surface area contributed by atoms with Gasteiger partial charge in [0.05, 0.1) is 14.2 Å². The van der Waals surface area contributed by atoms with Gasteiger partial charge in [-0.2, -0.15) is 0 Å². The minimum absolute atomic E-state index is 0.197. The number of aliphatic hydroxyl groups excluding tert-OH is 1. The molecular weight excluding hydrogens is 318 g/mol. The van der Waals surface area contributed by atoms with E-state index in [2.05, 4.69) is 11.9 Å². The van der Waals surface area contributed by atoms with Crippen molar-refractivity contribution in [1.82, 2.24) is 0 Å². The third kappa shape index (κ3) is 5.72. The quantitative estimate of drug-likeness (QED) is 0.648. The molecule has 0 saturated carbocycles. The van der Waals surface area contributed by atoms with Crippen molar-refractivity contribution >= 4 is 5.69 Å². The lowest BCUT2D eigenvalue weighted by molar-refractivity contribution is 0.117. The molecular formula is C20H25NO4. The van der Waals surface area contributed by atoms with Gasteiger partial charge in [-0.05, 0) is 18.1 Å². The number of para-hydroxylation sites is 1. The van der Waals surface area contributed by atoms with Crippen LogP contribution in [0.15, 0.2) is 55.1 Å². The van der Waals surface area contributed by atoms with Gasteiger partial charge in [-0.15, -0.1) is 6.58 Å². The molecule has 1 unspecified atom stereocenters. The van der Waals surface area contributed by atoms with Crippen molar-refractivity contribution in [3.05, 3.63) is 60.7 Å². The molecule has 5 heteroatoms. The first kappa shape index (κ1) is 18.7. The average Bonchev–Trinajstić information content (AvgIpc) is 2.65. The lowest BCUT2D eigenvalue weighted by Crippen LogP contribution is -2.26. The van der Waals surface area contributed by atoms with Gasteiger partial charge in [0.1, 0.15) is 30.0 Å². The number of ether oxygens (including phenoxy) is 3. The van der Waals surface area contributed by atoms with E-state index < -0.39 is 6.10 Å². The number of aliphatic hydroxyl groups is 1. The monoisotopic (exact) mass is 343 g/mol. The van der Waals surface area contributed by atoms with Crippen molar-refractivity contribution in [1.29, 1.82) is 0 Å². The molecule has 0 saturated heterocycles.